The average Bonchev–Trinajstić information content (AvgIpc) is 2.87. The van der Waals surface area contributed by atoms with Crippen LogP contribution in [0.15, 0.2) is 24.3 Å². The zero-order valence-electron chi connectivity index (χ0n) is 14.8. The van der Waals surface area contributed by atoms with Gasteiger partial charge in [-0.3, -0.25) is 9.59 Å². The molecule has 0 unspecified atom stereocenters. The topological polar surface area (TPSA) is 123 Å². The van der Waals surface area contributed by atoms with Gasteiger partial charge in [0.2, 0.25) is 5.60 Å². The third-order valence-electron chi connectivity index (χ3n) is 4.33. The van der Waals surface area contributed by atoms with Crippen LogP contribution < -0.4 is 11.5 Å². The largest absolute Gasteiger partial charge is 0.397 e. The van der Waals surface area contributed by atoms with Crippen LogP contribution in [0, 0.1) is 23.5 Å². The number of aromatic nitrogens is 1. The summed E-state index contributed by atoms with van der Waals surface area (Å²) in [5.41, 5.74) is 7.99. The van der Waals surface area contributed by atoms with Crippen LogP contribution in [0.5, 0.6) is 0 Å². The Morgan fingerprint density at radius 1 is 1.32 bits per heavy atom. The Bertz CT molecular complexity index is 1060. The summed E-state index contributed by atoms with van der Waals surface area (Å²) in [5.74, 6) is 1.87. The number of nitrogens with zero attached hydrogens (tertiary/aromatic N) is 2. The predicted octanol–water partition coefficient (Wildman–Crippen LogP) is 0.653. The van der Waals surface area contributed by atoms with Crippen LogP contribution in [0.2, 0.25) is 0 Å². The number of hydrogen-bond donors (Lipinski definition) is 3. The summed E-state index contributed by atoms with van der Waals surface area (Å²) >= 11 is 0. The molecule has 0 bridgehead atoms. The third kappa shape index (κ3) is 3.50. The van der Waals surface area contributed by atoms with Crippen molar-refractivity contribution in [3.05, 3.63) is 47.2 Å². The lowest BCUT2D eigenvalue weighted by molar-refractivity contribution is -0.137. The van der Waals surface area contributed by atoms with E-state index in [4.69, 9.17) is 11.5 Å². The van der Waals surface area contributed by atoms with Crippen molar-refractivity contribution in [2.75, 3.05) is 19.3 Å². The number of nitrogens with two attached hydrogens (primary N) is 2. The van der Waals surface area contributed by atoms with Gasteiger partial charge >= 0.3 is 0 Å². The molecule has 1 aromatic heterocycles. The molecule has 0 radical (unpaired) electrons. The van der Waals surface area contributed by atoms with Gasteiger partial charge in [0.25, 0.3) is 11.8 Å². The van der Waals surface area contributed by atoms with E-state index >= 15 is 0 Å². The zero-order chi connectivity index (χ0) is 20.6. The van der Waals surface area contributed by atoms with E-state index in [9.17, 15) is 23.5 Å². The van der Waals surface area contributed by atoms with Crippen LogP contribution in [0.25, 0.3) is 11.3 Å². The van der Waals surface area contributed by atoms with E-state index in [1.165, 1.54) is 18.0 Å². The lowest BCUT2D eigenvalue weighted by atomic mass is 10.0. The maximum Gasteiger partial charge on any atom is 0.269 e. The smallest absolute Gasteiger partial charge is 0.269 e. The van der Waals surface area contributed by atoms with Crippen LogP contribution >= 0.6 is 0 Å². The molecule has 1 aromatic carbocycles. The van der Waals surface area contributed by atoms with Gasteiger partial charge in [0.05, 0.1) is 5.69 Å². The van der Waals surface area contributed by atoms with Crippen LogP contribution in [0.1, 0.15) is 22.5 Å². The number of aliphatic hydroxyl groups is 1. The number of carbonyl (C=O) groups excluding carboxylic acids is 2. The monoisotopic (exact) mass is 386 g/mol. The number of halogens is 2. The van der Waals surface area contributed by atoms with Crippen molar-refractivity contribution in [1.82, 2.24) is 9.88 Å². The van der Waals surface area contributed by atoms with Gasteiger partial charge < -0.3 is 21.5 Å². The van der Waals surface area contributed by atoms with Gasteiger partial charge in [-0.2, -0.15) is 0 Å². The number of likely N-dealkylation sites (tertiary alicyclic amines) is 1. The van der Waals surface area contributed by atoms with Gasteiger partial charge in [-0.25, -0.2) is 13.8 Å². The van der Waals surface area contributed by atoms with Crippen molar-refractivity contribution in [3.63, 3.8) is 0 Å². The number of carbonyl (C=O) groups is 2. The highest BCUT2D eigenvalue weighted by Crippen LogP contribution is 2.26. The molecule has 7 nitrogen and oxygen atoms in total. The second-order valence-corrected chi connectivity index (χ2v) is 6.44. The maximum absolute atomic E-state index is 14.3. The fraction of sp³-hybridized carbons (Fsp3) is 0.211. The second-order valence-electron chi connectivity index (χ2n) is 6.44. The fourth-order valence-corrected chi connectivity index (χ4v) is 2.85. The first-order valence-electron chi connectivity index (χ1n) is 8.18. The molecule has 2 aromatic rings. The molecule has 28 heavy (non-hydrogen) atoms. The summed E-state index contributed by atoms with van der Waals surface area (Å²) in [6, 6.07) is 4.25. The molecule has 0 saturated carbocycles. The van der Waals surface area contributed by atoms with Crippen molar-refractivity contribution < 1.29 is 23.5 Å². The number of amides is 2. The molecular formula is C19H16F2N4O3. The molecule has 1 fully saturated rings. The molecule has 1 atom stereocenters. The molecule has 0 spiro atoms. The minimum Gasteiger partial charge on any atom is -0.397 e. The van der Waals surface area contributed by atoms with E-state index in [2.05, 4.69) is 16.8 Å². The van der Waals surface area contributed by atoms with E-state index in [0.717, 1.165) is 18.2 Å². The van der Waals surface area contributed by atoms with Crippen molar-refractivity contribution in [2.24, 2.45) is 5.73 Å². The average molecular weight is 386 g/mol. The van der Waals surface area contributed by atoms with E-state index in [0.29, 0.717) is 6.54 Å². The number of benzene rings is 1. The van der Waals surface area contributed by atoms with Gasteiger partial charge in [-0.1, -0.05) is 11.8 Å². The number of likely N-dealkylation sites (N-methyl/N-ethyl adjacent to an activating group) is 1. The Labute approximate surface area is 159 Å². The normalized spacial score (nSPS) is 18.7. The van der Waals surface area contributed by atoms with E-state index in [1.54, 1.807) is 0 Å². The summed E-state index contributed by atoms with van der Waals surface area (Å²) in [6.45, 7) is 0.342. The van der Waals surface area contributed by atoms with Crippen molar-refractivity contribution in [3.8, 4) is 23.1 Å². The van der Waals surface area contributed by atoms with Crippen molar-refractivity contribution in [1.29, 1.82) is 0 Å². The van der Waals surface area contributed by atoms with Crippen LogP contribution in [0.3, 0.4) is 0 Å². The van der Waals surface area contributed by atoms with Crippen LogP contribution in [-0.2, 0) is 4.79 Å². The first-order chi connectivity index (χ1) is 13.1. The Morgan fingerprint density at radius 2 is 2.04 bits per heavy atom. The Balaban J connectivity index is 2.05. The fourth-order valence-electron chi connectivity index (χ4n) is 2.85. The highest BCUT2D eigenvalue weighted by molar-refractivity contribution is 5.96. The summed E-state index contributed by atoms with van der Waals surface area (Å²) in [6.07, 6.45) is 0.119. The number of hydrogen-bond acceptors (Lipinski definition) is 5. The molecule has 9 heteroatoms. The molecule has 1 saturated heterocycles. The number of primary amides is 1. The van der Waals surface area contributed by atoms with Gasteiger partial charge in [-0.15, -0.1) is 0 Å². The molecule has 3 rings (SSSR count). The molecule has 0 aliphatic carbocycles. The summed E-state index contributed by atoms with van der Waals surface area (Å²) < 4.78 is 28.3. The highest BCUT2D eigenvalue weighted by Gasteiger charge is 2.42. The lowest BCUT2D eigenvalue weighted by Gasteiger charge is -2.13. The van der Waals surface area contributed by atoms with Crippen molar-refractivity contribution >= 4 is 17.5 Å². The second kappa shape index (κ2) is 6.90. The van der Waals surface area contributed by atoms with Crippen molar-refractivity contribution in [2.45, 2.75) is 12.0 Å². The van der Waals surface area contributed by atoms with Gasteiger partial charge in [0, 0.05) is 37.2 Å². The van der Waals surface area contributed by atoms with Gasteiger partial charge in [-0.05, 0) is 18.2 Å². The van der Waals surface area contributed by atoms with E-state index in [-0.39, 0.29) is 34.6 Å². The van der Waals surface area contributed by atoms with E-state index < -0.39 is 29.0 Å². The van der Waals surface area contributed by atoms with Gasteiger partial charge in [0.1, 0.15) is 11.5 Å². The summed E-state index contributed by atoms with van der Waals surface area (Å²) in [5, 5.41) is 10.3. The molecule has 144 valence electrons. The molecule has 2 heterocycles. The Hall–Kier alpha value is -3.51. The molecule has 2 amide bonds. The number of nitrogen functional groups attached to an aromatic ring is 1. The number of pyridine rings is 1. The maximum atomic E-state index is 14.3. The minimum atomic E-state index is -1.86. The Morgan fingerprint density at radius 3 is 2.64 bits per heavy atom. The van der Waals surface area contributed by atoms with Gasteiger partial charge in [0.15, 0.2) is 11.5 Å². The summed E-state index contributed by atoms with van der Waals surface area (Å²) in [4.78, 5) is 28.5. The third-order valence-corrected chi connectivity index (χ3v) is 4.33. The number of anilines is 1. The Kier molecular flexibility index (Phi) is 4.75. The molecule has 1 aliphatic heterocycles. The number of rotatable bonds is 2. The first-order valence-corrected chi connectivity index (χ1v) is 8.18. The highest BCUT2D eigenvalue weighted by atomic mass is 19.1. The standard InChI is InChI=1S/C19H16F2N4O3/c1-25-5-4-19(28,18(25)27)3-2-10-6-11(8-12(20)7-10)15-13(21)9-14(22)16(24-15)17(23)26/h6-9,28H,4-5,22H2,1H3,(H2,23,26)/t19-/m0/s1. The first kappa shape index (κ1) is 19.3. The van der Waals surface area contributed by atoms with E-state index in [1.807, 2.05) is 0 Å². The SMILES string of the molecule is CN1CC[C@@](O)(C#Cc2cc(F)cc(-c3nc(C(N)=O)c(N)cc3F)c2)C1=O. The zero-order valence-corrected chi connectivity index (χ0v) is 14.8. The molecule has 5 N–H and O–H groups in total. The summed E-state index contributed by atoms with van der Waals surface area (Å²) in [7, 11) is 1.54. The molecule has 1 aliphatic rings. The quantitative estimate of drug-likeness (QED) is 0.654. The molecular weight excluding hydrogens is 370 g/mol. The predicted molar refractivity (Wildman–Crippen MR) is 96.6 cm³/mol. The van der Waals surface area contributed by atoms with Crippen LogP contribution in [-0.4, -0.2) is 46.0 Å². The lowest BCUT2D eigenvalue weighted by Crippen LogP contribution is -2.37. The van der Waals surface area contributed by atoms with Crippen LogP contribution in [0.4, 0.5) is 14.5 Å². The minimum absolute atomic E-state index is 0.00819.